The standard InChI is InChI=1S/C59H40F3N3/c1-36-11-8-14-40(29-36)42-23-27-54-49(32-42)45-16-4-6-19-52(45)64(54)56-31-39(35-63)21-25-47(56)48-26-22-44(58-38(3)13-10-18-51(58)59(60,61)62)34-57(48)65-53-20-7-5-17-46(53)50-33-43(24-28-55(50)65)41-15-9-12-37(2)30-41/h4-34H,1-3H3. The van der Waals surface area contributed by atoms with Crippen molar-refractivity contribution < 1.29 is 13.2 Å². The molecule has 2 aromatic heterocycles. The molecular formula is C59H40F3N3. The first-order valence-electron chi connectivity index (χ1n) is 21.6. The molecule has 11 rings (SSSR count). The van der Waals surface area contributed by atoms with Crippen LogP contribution in [0.1, 0.15) is 27.8 Å². The van der Waals surface area contributed by atoms with E-state index in [0.717, 1.165) is 94.3 Å². The van der Waals surface area contributed by atoms with Gasteiger partial charge in [0.05, 0.1) is 50.6 Å². The van der Waals surface area contributed by atoms with Crippen LogP contribution >= 0.6 is 0 Å². The van der Waals surface area contributed by atoms with E-state index in [4.69, 9.17) is 0 Å². The van der Waals surface area contributed by atoms with Gasteiger partial charge in [0.1, 0.15) is 0 Å². The molecule has 9 aromatic carbocycles. The van der Waals surface area contributed by atoms with Crippen LogP contribution in [0, 0.1) is 32.1 Å². The number of alkyl halides is 3. The fourth-order valence-corrected chi connectivity index (χ4v) is 9.87. The summed E-state index contributed by atoms with van der Waals surface area (Å²) in [6, 6.07) is 64.5. The normalized spacial score (nSPS) is 11.8. The van der Waals surface area contributed by atoms with E-state index in [9.17, 15) is 18.4 Å². The lowest BCUT2D eigenvalue weighted by Crippen LogP contribution is -2.08. The molecule has 0 fully saturated rings. The van der Waals surface area contributed by atoms with E-state index in [-0.39, 0.29) is 5.56 Å². The minimum absolute atomic E-state index is 0.141. The number of nitrogens with zero attached hydrogens (tertiary/aromatic N) is 3. The van der Waals surface area contributed by atoms with Gasteiger partial charge in [-0.1, -0.05) is 139 Å². The summed E-state index contributed by atoms with van der Waals surface area (Å²) in [7, 11) is 0. The number of hydrogen-bond acceptors (Lipinski definition) is 1. The van der Waals surface area contributed by atoms with Crippen LogP contribution in [0.2, 0.25) is 0 Å². The molecule has 0 aliphatic heterocycles. The Balaban J connectivity index is 1.23. The Morgan fingerprint density at radius 2 is 0.892 bits per heavy atom. The molecule has 65 heavy (non-hydrogen) atoms. The Kier molecular flexibility index (Phi) is 9.34. The smallest absolute Gasteiger partial charge is 0.309 e. The fourth-order valence-electron chi connectivity index (χ4n) is 9.87. The topological polar surface area (TPSA) is 33.6 Å². The Bertz CT molecular complexity index is 3760. The summed E-state index contributed by atoms with van der Waals surface area (Å²) in [4.78, 5) is 0. The summed E-state index contributed by atoms with van der Waals surface area (Å²) in [5.74, 6) is 0. The maximum atomic E-state index is 14.9. The van der Waals surface area contributed by atoms with Crippen LogP contribution in [0.15, 0.2) is 188 Å². The van der Waals surface area contributed by atoms with Gasteiger partial charge in [-0.3, -0.25) is 0 Å². The van der Waals surface area contributed by atoms with E-state index in [1.807, 2.05) is 60.7 Å². The molecule has 0 aliphatic rings. The van der Waals surface area contributed by atoms with Crippen LogP contribution in [0.5, 0.6) is 0 Å². The van der Waals surface area contributed by atoms with Gasteiger partial charge >= 0.3 is 6.18 Å². The van der Waals surface area contributed by atoms with Crippen molar-refractivity contribution in [1.29, 1.82) is 5.26 Å². The molecule has 2 heterocycles. The van der Waals surface area contributed by atoms with Gasteiger partial charge in [-0.25, -0.2) is 0 Å². The molecule has 0 amide bonds. The molecule has 0 atom stereocenters. The van der Waals surface area contributed by atoms with E-state index in [2.05, 4.69) is 138 Å². The maximum absolute atomic E-state index is 14.9. The number of rotatable bonds is 6. The molecule has 6 heteroatoms. The molecule has 3 nitrogen and oxygen atoms in total. The summed E-state index contributed by atoms with van der Waals surface area (Å²) >= 11 is 0. The largest absolute Gasteiger partial charge is 0.417 e. The zero-order valence-corrected chi connectivity index (χ0v) is 35.9. The van der Waals surface area contributed by atoms with Crippen molar-refractivity contribution in [2.75, 3.05) is 0 Å². The van der Waals surface area contributed by atoms with E-state index in [1.165, 1.54) is 11.6 Å². The highest BCUT2D eigenvalue weighted by atomic mass is 19.4. The number of fused-ring (bicyclic) bond motifs is 6. The average molecular weight is 848 g/mol. The molecule has 0 aliphatic carbocycles. The van der Waals surface area contributed by atoms with Crippen LogP contribution in [0.25, 0.3) is 99.5 Å². The van der Waals surface area contributed by atoms with Gasteiger partial charge in [0.15, 0.2) is 0 Å². The van der Waals surface area contributed by atoms with Crippen LogP contribution in [-0.2, 0) is 6.18 Å². The highest BCUT2D eigenvalue weighted by Crippen LogP contribution is 2.46. The fraction of sp³-hybridized carbons (Fsp3) is 0.0678. The number of aromatic nitrogens is 2. The Morgan fingerprint density at radius 1 is 0.415 bits per heavy atom. The van der Waals surface area contributed by atoms with E-state index < -0.39 is 11.7 Å². The van der Waals surface area contributed by atoms with Crippen molar-refractivity contribution in [2.24, 2.45) is 0 Å². The first-order chi connectivity index (χ1) is 31.6. The molecule has 0 bridgehead atoms. The monoisotopic (exact) mass is 847 g/mol. The minimum Gasteiger partial charge on any atom is -0.309 e. The third kappa shape index (κ3) is 6.67. The summed E-state index contributed by atoms with van der Waals surface area (Å²) in [6.45, 7) is 5.91. The predicted molar refractivity (Wildman–Crippen MR) is 261 cm³/mol. The second-order valence-electron chi connectivity index (χ2n) is 17.0. The van der Waals surface area contributed by atoms with Crippen molar-refractivity contribution in [1.82, 2.24) is 9.13 Å². The lowest BCUT2D eigenvalue weighted by Gasteiger charge is -2.21. The van der Waals surface area contributed by atoms with Gasteiger partial charge in [0.2, 0.25) is 0 Å². The number of para-hydroxylation sites is 2. The Hall–Kier alpha value is -8.14. The van der Waals surface area contributed by atoms with Gasteiger partial charge in [-0.15, -0.1) is 0 Å². The van der Waals surface area contributed by atoms with Gasteiger partial charge < -0.3 is 9.13 Å². The lowest BCUT2D eigenvalue weighted by molar-refractivity contribution is -0.137. The summed E-state index contributed by atoms with van der Waals surface area (Å²) in [5, 5.41) is 14.6. The van der Waals surface area contributed by atoms with Crippen LogP contribution < -0.4 is 0 Å². The molecule has 0 N–H and O–H groups in total. The Morgan fingerprint density at radius 3 is 1.43 bits per heavy atom. The van der Waals surface area contributed by atoms with Crippen molar-refractivity contribution >= 4 is 43.6 Å². The predicted octanol–water partition coefficient (Wildman–Crippen LogP) is 16.4. The summed E-state index contributed by atoms with van der Waals surface area (Å²) in [6.07, 6.45) is -4.57. The second kappa shape index (κ2) is 15.3. The number of benzene rings is 9. The van der Waals surface area contributed by atoms with E-state index in [0.29, 0.717) is 22.4 Å². The molecule has 312 valence electrons. The SMILES string of the molecule is Cc1cccc(-c2ccc3c(c2)c2ccccc2n3-c2cc(C#N)ccc2-c2ccc(-c3c(C)cccc3C(F)(F)F)cc2-n2c3ccccc3c3cc(-c4cccc(C)c4)ccc32)c1. The number of nitriles is 1. The van der Waals surface area contributed by atoms with Crippen LogP contribution in [0.3, 0.4) is 0 Å². The maximum Gasteiger partial charge on any atom is 0.417 e. The van der Waals surface area contributed by atoms with Crippen LogP contribution in [0.4, 0.5) is 13.2 Å². The number of halogens is 3. The summed E-state index contributed by atoms with van der Waals surface area (Å²) < 4.78 is 49.1. The quantitative estimate of drug-likeness (QED) is 0.164. The van der Waals surface area contributed by atoms with Gasteiger partial charge in [0.25, 0.3) is 0 Å². The van der Waals surface area contributed by atoms with Gasteiger partial charge in [-0.05, 0) is 120 Å². The van der Waals surface area contributed by atoms with Crippen molar-refractivity contribution in [3.63, 3.8) is 0 Å². The first-order valence-corrected chi connectivity index (χ1v) is 21.6. The molecule has 0 unspecified atom stereocenters. The molecule has 0 saturated carbocycles. The molecule has 0 spiro atoms. The van der Waals surface area contributed by atoms with E-state index >= 15 is 0 Å². The summed E-state index contributed by atoms with van der Waals surface area (Å²) in [5.41, 5.74) is 14.5. The zero-order chi connectivity index (χ0) is 44.6. The van der Waals surface area contributed by atoms with Crippen molar-refractivity contribution in [3.05, 3.63) is 216 Å². The third-order valence-electron chi connectivity index (χ3n) is 12.8. The van der Waals surface area contributed by atoms with Crippen LogP contribution in [-0.4, -0.2) is 9.13 Å². The highest BCUT2D eigenvalue weighted by Gasteiger charge is 2.34. The Labute approximate surface area is 374 Å². The third-order valence-corrected chi connectivity index (χ3v) is 12.8. The van der Waals surface area contributed by atoms with Crippen molar-refractivity contribution in [2.45, 2.75) is 26.9 Å². The number of hydrogen-bond donors (Lipinski definition) is 0. The second-order valence-corrected chi connectivity index (χ2v) is 17.0. The van der Waals surface area contributed by atoms with Gasteiger partial charge in [-0.2, -0.15) is 18.4 Å². The average Bonchev–Trinajstić information content (AvgIpc) is 3.83. The molecule has 0 radical (unpaired) electrons. The first kappa shape index (κ1) is 39.7. The van der Waals surface area contributed by atoms with Crippen molar-refractivity contribution in [3.8, 4) is 62.0 Å². The number of aryl methyl sites for hydroxylation is 3. The minimum atomic E-state index is -4.57. The molecular weight excluding hydrogens is 808 g/mol. The highest BCUT2D eigenvalue weighted by molar-refractivity contribution is 6.13. The molecule has 0 saturated heterocycles. The molecule has 11 aromatic rings. The lowest BCUT2D eigenvalue weighted by atomic mass is 9.91. The van der Waals surface area contributed by atoms with Gasteiger partial charge in [0, 0.05) is 32.7 Å². The van der Waals surface area contributed by atoms with E-state index in [1.54, 1.807) is 13.0 Å². The zero-order valence-electron chi connectivity index (χ0n) is 35.9.